The average molecular weight is 250 g/mol. The highest BCUT2D eigenvalue weighted by Crippen LogP contribution is 2.26. The van der Waals surface area contributed by atoms with Crippen LogP contribution in [0.4, 0.5) is 4.39 Å². The van der Waals surface area contributed by atoms with Gasteiger partial charge in [-0.15, -0.1) is 0 Å². The van der Waals surface area contributed by atoms with Crippen LogP contribution in [0.2, 0.25) is 0 Å². The Morgan fingerprint density at radius 3 is 2.71 bits per heavy atom. The fourth-order valence-electron chi connectivity index (χ4n) is 2.08. The molecule has 0 saturated carbocycles. The van der Waals surface area contributed by atoms with Gasteiger partial charge in [0.1, 0.15) is 5.82 Å². The van der Waals surface area contributed by atoms with Crippen LogP contribution < -0.4 is 0 Å². The first-order valence-corrected chi connectivity index (χ1v) is 6.48. The number of hydrogen-bond acceptors (Lipinski definition) is 2. The van der Waals surface area contributed by atoms with Crippen LogP contribution in [0.25, 0.3) is 0 Å². The Morgan fingerprint density at radius 2 is 2.12 bits per heavy atom. The summed E-state index contributed by atoms with van der Waals surface area (Å²) >= 11 is 1.58. The van der Waals surface area contributed by atoms with Crippen LogP contribution in [0.3, 0.4) is 0 Å². The molecule has 1 aromatic heterocycles. The minimum Gasteiger partial charge on any atom is -0.388 e. The second-order valence-electron chi connectivity index (χ2n) is 4.33. The maximum absolute atomic E-state index is 13.8. The highest BCUT2D eigenvalue weighted by Gasteiger charge is 2.16. The molecule has 1 unspecified atom stereocenters. The first kappa shape index (κ1) is 12.3. The van der Waals surface area contributed by atoms with Crippen LogP contribution in [-0.2, 0) is 6.42 Å². The third kappa shape index (κ3) is 2.73. The van der Waals surface area contributed by atoms with E-state index in [4.69, 9.17) is 0 Å². The SMILES string of the molecule is Cc1cc(C)c(C(O)Cc2ccsc2)c(F)c1. The molecule has 0 bridgehead atoms. The van der Waals surface area contributed by atoms with Gasteiger partial charge in [0, 0.05) is 12.0 Å². The molecule has 0 aliphatic carbocycles. The summed E-state index contributed by atoms with van der Waals surface area (Å²) in [6, 6.07) is 5.32. The van der Waals surface area contributed by atoms with Crippen LogP contribution in [0.1, 0.15) is 28.4 Å². The lowest BCUT2D eigenvalue weighted by molar-refractivity contribution is 0.173. The summed E-state index contributed by atoms with van der Waals surface area (Å²) < 4.78 is 13.8. The zero-order valence-electron chi connectivity index (χ0n) is 9.90. The van der Waals surface area contributed by atoms with E-state index in [0.717, 1.165) is 16.7 Å². The topological polar surface area (TPSA) is 20.2 Å². The second kappa shape index (κ2) is 4.98. The van der Waals surface area contributed by atoms with E-state index in [1.807, 2.05) is 36.7 Å². The van der Waals surface area contributed by atoms with Gasteiger partial charge in [-0.3, -0.25) is 0 Å². The first-order valence-electron chi connectivity index (χ1n) is 5.53. The maximum Gasteiger partial charge on any atom is 0.129 e. The minimum atomic E-state index is -0.773. The lowest BCUT2D eigenvalue weighted by atomic mass is 9.97. The predicted octanol–water partition coefficient (Wildman–Crippen LogP) is 3.78. The highest BCUT2D eigenvalue weighted by molar-refractivity contribution is 7.07. The zero-order chi connectivity index (χ0) is 12.4. The molecule has 1 nitrogen and oxygen atoms in total. The highest BCUT2D eigenvalue weighted by atomic mass is 32.1. The Bertz CT molecular complexity index is 482. The smallest absolute Gasteiger partial charge is 0.129 e. The Kier molecular flexibility index (Phi) is 3.60. The molecule has 0 radical (unpaired) electrons. The van der Waals surface area contributed by atoms with E-state index in [-0.39, 0.29) is 5.82 Å². The van der Waals surface area contributed by atoms with Gasteiger partial charge in [-0.25, -0.2) is 4.39 Å². The van der Waals surface area contributed by atoms with Crippen molar-refractivity contribution in [2.75, 3.05) is 0 Å². The lowest BCUT2D eigenvalue weighted by Crippen LogP contribution is -2.06. The quantitative estimate of drug-likeness (QED) is 0.879. The number of halogens is 1. The summed E-state index contributed by atoms with van der Waals surface area (Å²) in [6.07, 6.45) is -0.310. The van der Waals surface area contributed by atoms with E-state index < -0.39 is 6.10 Å². The van der Waals surface area contributed by atoms with Crippen molar-refractivity contribution in [3.63, 3.8) is 0 Å². The minimum absolute atomic E-state index is 0.315. The van der Waals surface area contributed by atoms with Gasteiger partial charge in [-0.1, -0.05) is 6.07 Å². The summed E-state index contributed by atoms with van der Waals surface area (Å²) in [7, 11) is 0. The first-order chi connectivity index (χ1) is 8.08. The summed E-state index contributed by atoms with van der Waals surface area (Å²) in [6.45, 7) is 3.69. The Labute approximate surface area is 105 Å². The molecule has 0 aliphatic rings. The predicted molar refractivity (Wildman–Crippen MR) is 68.9 cm³/mol. The molecule has 17 heavy (non-hydrogen) atoms. The number of aliphatic hydroxyl groups excluding tert-OH is 1. The lowest BCUT2D eigenvalue weighted by Gasteiger charge is -2.15. The number of aryl methyl sites for hydroxylation is 2. The van der Waals surface area contributed by atoms with Crippen molar-refractivity contribution >= 4 is 11.3 Å². The molecule has 2 rings (SSSR count). The number of benzene rings is 1. The molecule has 1 atom stereocenters. The van der Waals surface area contributed by atoms with Crippen molar-refractivity contribution in [3.05, 3.63) is 57.0 Å². The average Bonchev–Trinajstić information content (AvgIpc) is 2.68. The molecular weight excluding hydrogens is 235 g/mol. The number of thiophene rings is 1. The van der Waals surface area contributed by atoms with Crippen molar-refractivity contribution in [3.8, 4) is 0 Å². The van der Waals surface area contributed by atoms with Crippen LogP contribution in [0, 0.1) is 19.7 Å². The van der Waals surface area contributed by atoms with E-state index in [2.05, 4.69) is 0 Å². The summed E-state index contributed by atoms with van der Waals surface area (Å²) in [5, 5.41) is 14.0. The van der Waals surface area contributed by atoms with Crippen LogP contribution >= 0.6 is 11.3 Å². The third-order valence-electron chi connectivity index (χ3n) is 2.82. The fraction of sp³-hybridized carbons (Fsp3) is 0.286. The molecule has 0 fully saturated rings. The van der Waals surface area contributed by atoms with E-state index >= 15 is 0 Å². The van der Waals surface area contributed by atoms with Gasteiger partial charge in [0.25, 0.3) is 0 Å². The van der Waals surface area contributed by atoms with Crippen LogP contribution in [0.5, 0.6) is 0 Å². The molecule has 2 aromatic rings. The molecule has 0 aliphatic heterocycles. The Morgan fingerprint density at radius 1 is 1.35 bits per heavy atom. The molecule has 3 heteroatoms. The Balaban J connectivity index is 2.27. The maximum atomic E-state index is 13.8. The van der Waals surface area contributed by atoms with Gasteiger partial charge in [-0.2, -0.15) is 11.3 Å². The van der Waals surface area contributed by atoms with E-state index in [1.54, 1.807) is 11.3 Å². The normalized spacial score (nSPS) is 12.7. The van der Waals surface area contributed by atoms with Crippen molar-refractivity contribution < 1.29 is 9.50 Å². The van der Waals surface area contributed by atoms with Crippen molar-refractivity contribution in [2.45, 2.75) is 26.4 Å². The number of hydrogen-bond donors (Lipinski definition) is 1. The molecule has 0 amide bonds. The van der Waals surface area contributed by atoms with E-state index in [1.165, 1.54) is 6.07 Å². The molecule has 90 valence electrons. The van der Waals surface area contributed by atoms with Crippen LogP contribution in [0.15, 0.2) is 29.0 Å². The molecular formula is C14H15FOS. The zero-order valence-corrected chi connectivity index (χ0v) is 10.7. The van der Waals surface area contributed by atoms with E-state index in [9.17, 15) is 9.50 Å². The molecule has 1 N–H and O–H groups in total. The largest absolute Gasteiger partial charge is 0.388 e. The van der Waals surface area contributed by atoms with Gasteiger partial charge < -0.3 is 5.11 Å². The van der Waals surface area contributed by atoms with Gasteiger partial charge in [0.2, 0.25) is 0 Å². The standard InChI is InChI=1S/C14H15FOS/c1-9-5-10(2)14(12(15)6-9)13(16)7-11-3-4-17-8-11/h3-6,8,13,16H,7H2,1-2H3. The molecule has 1 aromatic carbocycles. The Hall–Kier alpha value is -1.19. The third-order valence-corrected chi connectivity index (χ3v) is 3.56. The van der Waals surface area contributed by atoms with Crippen molar-refractivity contribution in [1.82, 2.24) is 0 Å². The number of aliphatic hydroxyl groups is 1. The summed E-state index contributed by atoms with van der Waals surface area (Å²) in [5.41, 5.74) is 3.15. The second-order valence-corrected chi connectivity index (χ2v) is 5.11. The molecule has 0 saturated heterocycles. The van der Waals surface area contributed by atoms with Gasteiger partial charge >= 0.3 is 0 Å². The van der Waals surface area contributed by atoms with Crippen molar-refractivity contribution in [1.29, 1.82) is 0 Å². The molecule has 0 spiro atoms. The van der Waals surface area contributed by atoms with Gasteiger partial charge in [0.05, 0.1) is 6.10 Å². The monoisotopic (exact) mass is 250 g/mol. The summed E-state index contributed by atoms with van der Waals surface area (Å²) in [4.78, 5) is 0. The fourth-order valence-corrected chi connectivity index (χ4v) is 2.76. The molecule has 1 heterocycles. The summed E-state index contributed by atoms with van der Waals surface area (Å²) in [5.74, 6) is -0.315. The van der Waals surface area contributed by atoms with Crippen molar-refractivity contribution in [2.24, 2.45) is 0 Å². The van der Waals surface area contributed by atoms with Gasteiger partial charge in [-0.05, 0) is 53.4 Å². The van der Waals surface area contributed by atoms with Crippen LogP contribution in [-0.4, -0.2) is 5.11 Å². The van der Waals surface area contributed by atoms with Gasteiger partial charge in [0.15, 0.2) is 0 Å². The number of rotatable bonds is 3. The van der Waals surface area contributed by atoms with E-state index in [0.29, 0.717) is 12.0 Å².